The average molecular weight is 262 g/mol. The van der Waals surface area contributed by atoms with E-state index in [0.29, 0.717) is 5.92 Å². The normalized spacial score (nSPS) is 18.9. The lowest BCUT2D eigenvalue weighted by atomic mass is 9.64. The molecule has 0 bridgehead atoms. The van der Waals surface area contributed by atoms with Crippen molar-refractivity contribution in [2.45, 2.75) is 31.6 Å². The van der Waals surface area contributed by atoms with Crippen LogP contribution in [0.3, 0.4) is 0 Å². The van der Waals surface area contributed by atoms with Crippen LogP contribution in [-0.4, -0.2) is 0 Å². The Morgan fingerprint density at radius 2 is 1.40 bits per heavy atom. The topological polar surface area (TPSA) is 0 Å². The minimum absolute atomic E-state index is 0.0689. The molecule has 0 aliphatic heterocycles. The molecule has 0 heteroatoms. The zero-order valence-electron chi connectivity index (χ0n) is 12.1. The molecule has 0 heterocycles. The fourth-order valence-electron chi connectivity index (χ4n) is 3.46. The molecule has 1 aliphatic carbocycles. The zero-order valence-corrected chi connectivity index (χ0v) is 12.1. The molecule has 1 aliphatic rings. The van der Waals surface area contributed by atoms with Crippen LogP contribution < -0.4 is 0 Å². The van der Waals surface area contributed by atoms with E-state index in [-0.39, 0.29) is 5.41 Å². The van der Waals surface area contributed by atoms with Crippen LogP contribution in [0.2, 0.25) is 0 Å². The molecule has 0 saturated heterocycles. The molecule has 0 fully saturated rings. The van der Waals surface area contributed by atoms with Crippen LogP contribution in [0.25, 0.3) is 0 Å². The van der Waals surface area contributed by atoms with Gasteiger partial charge in [-0.1, -0.05) is 79.7 Å². The van der Waals surface area contributed by atoms with E-state index in [4.69, 9.17) is 0 Å². The Balaban J connectivity index is 2.12. The van der Waals surface area contributed by atoms with E-state index in [1.54, 1.807) is 0 Å². The summed E-state index contributed by atoms with van der Waals surface area (Å²) in [4.78, 5) is 0. The first-order valence-electron chi connectivity index (χ1n) is 7.59. The highest BCUT2D eigenvalue weighted by Gasteiger charge is 2.36. The van der Waals surface area contributed by atoms with Crippen molar-refractivity contribution in [3.8, 4) is 0 Å². The van der Waals surface area contributed by atoms with Crippen molar-refractivity contribution in [1.29, 1.82) is 0 Å². The smallest absolute Gasteiger partial charge is 0.0237 e. The van der Waals surface area contributed by atoms with Crippen LogP contribution >= 0.6 is 0 Å². The van der Waals surface area contributed by atoms with Crippen LogP contribution in [0.4, 0.5) is 0 Å². The van der Waals surface area contributed by atoms with Crippen molar-refractivity contribution >= 4 is 0 Å². The minimum Gasteiger partial charge on any atom is -0.0882 e. The molecule has 2 aromatic rings. The second kappa shape index (κ2) is 5.66. The molecule has 0 amide bonds. The third kappa shape index (κ3) is 2.31. The Hall–Kier alpha value is -1.82. The summed E-state index contributed by atoms with van der Waals surface area (Å²) in [5.41, 5.74) is 2.91. The maximum absolute atomic E-state index is 2.43. The first-order chi connectivity index (χ1) is 9.82. The van der Waals surface area contributed by atoms with Crippen LogP contribution in [0, 0.1) is 5.92 Å². The summed E-state index contributed by atoms with van der Waals surface area (Å²) in [5.74, 6) is 0.584. The lowest BCUT2D eigenvalue weighted by Crippen LogP contribution is -2.33. The molecule has 3 rings (SSSR count). The standard InChI is InChI=1S/C20H22/c1-20(17-11-5-2-6-12-17,18-13-7-3-8-14-18)19-15-9-4-10-16-19/h2-3,5-9,11-15,19H,4,10,16H2,1H3. The second-order valence-electron chi connectivity index (χ2n) is 5.90. The molecular weight excluding hydrogens is 240 g/mol. The average Bonchev–Trinajstić information content (AvgIpc) is 2.56. The van der Waals surface area contributed by atoms with Crippen LogP contribution in [0.15, 0.2) is 72.8 Å². The number of rotatable bonds is 3. The van der Waals surface area contributed by atoms with Gasteiger partial charge in [0.15, 0.2) is 0 Å². The molecular formula is C20H22. The molecule has 0 saturated carbocycles. The summed E-state index contributed by atoms with van der Waals surface area (Å²) in [5, 5.41) is 0. The first kappa shape index (κ1) is 13.2. The summed E-state index contributed by atoms with van der Waals surface area (Å²) < 4.78 is 0. The van der Waals surface area contributed by atoms with E-state index in [1.165, 1.54) is 30.4 Å². The van der Waals surface area contributed by atoms with Gasteiger partial charge in [-0.25, -0.2) is 0 Å². The van der Waals surface area contributed by atoms with Crippen LogP contribution in [0.5, 0.6) is 0 Å². The van der Waals surface area contributed by atoms with Crippen molar-refractivity contribution in [3.63, 3.8) is 0 Å². The van der Waals surface area contributed by atoms with Gasteiger partial charge >= 0.3 is 0 Å². The summed E-state index contributed by atoms with van der Waals surface area (Å²) >= 11 is 0. The lowest BCUT2D eigenvalue weighted by Gasteiger charge is -2.39. The van der Waals surface area contributed by atoms with Gasteiger partial charge in [0, 0.05) is 5.41 Å². The molecule has 0 nitrogen and oxygen atoms in total. The predicted molar refractivity (Wildman–Crippen MR) is 85.8 cm³/mol. The van der Waals surface area contributed by atoms with Crippen LogP contribution in [0.1, 0.15) is 37.3 Å². The van der Waals surface area contributed by atoms with Gasteiger partial charge in [-0.3, -0.25) is 0 Å². The molecule has 1 unspecified atom stereocenters. The molecule has 0 spiro atoms. The van der Waals surface area contributed by atoms with Crippen LogP contribution in [-0.2, 0) is 5.41 Å². The van der Waals surface area contributed by atoms with E-state index < -0.39 is 0 Å². The zero-order chi connectivity index (χ0) is 13.8. The fourth-order valence-corrected chi connectivity index (χ4v) is 3.46. The molecule has 102 valence electrons. The third-order valence-electron chi connectivity index (χ3n) is 4.74. The number of hydrogen-bond acceptors (Lipinski definition) is 0. The highest BCUT2D eigenvalue weighted by molar-refractivity contribution is 5.40. The second-order valence-corrected chi connectivity index (χ2v) is 5.90. The van der Waals surface area contributed by atoms with Crippen molar-refractivity contribution < 1.29 is 0 Å². The lowest BCUT2D eigenvalue weighted by molar-refractivity contribution is 0.372. The van der Waals surface area contributed by atoms with Crippen molar-refractivity contribution in [2.24, 2.45) is 5.92 Å². The Bertz CT molecular complexity index is 526. The monoisotopic (exact) mass is 262 g/mol. The van der Waals surface area contributed by atoms with Crippen molar-refractivity contribution in [3.05, 3.63) is 83.9 Å². The number of benzene rings is 2. The van der Waals surface area contributed by atoms with E-state index in [0.717, 1.165) is 0 Å². The maximum atomic E-state index is 2.43. The minimum atomic E-state index is 0.0689. The largest absolute Gasteiger partial charge is 0.0882 e. The highest BCUT2D eigenvalue weighted by atomic mass is 14.4. The summed E-state index contributed by atoms with van der Waals surface area (Å²) in [6.45, 7) is 2.40. The maximum Gasteiger partial charge on any atom is 0.0237 e. The molecule has 2 aromatic carbocycles. The summed E-state index contributed by atoms with van der Waals surface area (Å²) in [6.07, 6.45) is 8.60. The first-order valence-corrected chi connectivity index (χ1v) is 7.59. The molecule has 0 aromatic heterocycles. The van der Waals surface area contributed by atoms with Crippen molar-refractivity contribution in [2.75, 3.05) is 0 Å². The Morgan fingerprint density at radius 1 is 0.850 bits per heavy atom. The molecule has 0 radical (unpaired) electrons. The highest BCUT2D eigenvalue weighted by Crippen LogP contribution is 2.43. The number of hydrogen-bond donors (Lipinski definition) is 0. The summed E-state index contributed by atoms with van der Waals surface area (Å²) in [6, 6.07) is 21.9. The Kier molecular flexibility index (Phi) is 3.73. The van der Waals surface area contributed by atoms with Gasteiger partial charge in [-0.15, -0.1) is 0 Å². The van der Waals surface area contributed by atoms with Crippen molar-refractivity contribution in [1.82, 2.24) is 0 Å². The molecule has 20 heavy (non-hydrogen) atoms. The van der Waals surface area contributed by atoms with Gasteiger partial charge in [0.05, 0.1) is 0 Å². The van der Waals surface area contributed by atoms with Gasteiger partial charge < -0.3 is 0 Å². The van der Waals surface area contributed by atoms with Gasteiger partial charge in [0.25, 0.3) is 0 Å². The van der Waals surface area contributed by atoms with Gasteiger partial charge in [0.2, 0.25) is 0 Å². The fraction of sp³-hybridized carbons (Fsp3) is 0.300. The van der Waals surface area contributed by atoms with Gasteiger partial charge in [-0.05, 0) is 36.3 Å². The number of allylic oxidation sites excluding steroid dienone is 2. The van der Waals surface area contributed by atoms with Gasteiger partial charge in [0.1, 0.15) is 0 Å². The van der Waals surface area contributed by atoms with Gasteiger partial charge in [-0.2, -0.15) is 0 Å². The molecule has 1 atom stereocenters. The summed E-state index contributed by atoms with van der Waals surface area (Å²) in [7, 11) is 0. The SMILES string of the molecule is CC(c1ccccc1)(c1ccccc1)C1C=CCCC1. The van der Waals surface area contributed by atoms with E-state index in [2.05, 4.69) is 79.7 Å². The third-order valence-corrected chi connectivity index (χ3v) is 4.74. The Morgan fingerprint density at radius 3 is 1.85 bits per heavy atom. The van der Waals surface area contributed by atoms with E-state index in [1.807, 2.05) is 0 Å². The van der Waals surface area contributed by atoms with E-state index >= 15 is 0 Å². The predicted octanol–water partition coefficient (Wildman–Crippen LogP) is 5.35. The molecule has 0 N–H and O–H groups in total. The Labute approximate surface area is 122 Å². The van der Waals surface area contributed by atoms with E-state index in [9.17, 15) is 0 Å². The quantitative estimate of drug-likeness (QED) is 0.654.